The van der Waals surface area contributed by atoms with E-state index in [0.29, 0.717) is 18.1 Å². The molecule has 0 bridgehead atoms. The summed E-state index contributed by atoms with van der Waals surface area (Å²) >= 11 is 0. The van der Waals surface area contributed by atoms with Gasteiger partial charge in [0.2, 0.25) is 0 Å². The fraction of sp³-hybridized carbons (Fsp3) is 0.222. The number of nitrogens with two attached hydrogens (primary N) is 1. The quantitative estimate of drug-likeness (QED) is 0.684. The third-order valence-electron chi connectivity index (χ3n) is 2.12. The Labute approximate surface area is 86.9 Å². The maximum Gasteiger partial charge on any atom is 0.152 e. The molecule has 15 heavy (non-hydrogen) atoms. The van der Waals surface area contributed by atoms with Crippen LogP contribution in [0.3, 0.4) is 0 Å². The molecule has 0 amide bonds. The summed E-state index contributed by atoms with van der Waals surface area (Å²) in [6, 6.07) is 0. The summed E-state index contributed by atoms with van der Waals surface area (Å²) in [5.74, 6) is 0.644. The second kappa shape index (κ2) is 3.95. The van der Waals surface area contributed by atoms with E-state index in [9.17, 15) is 0 Å². The minimum atomic E-state index is 0.540. The maximum atomic E-state index is 5.69. The van der Waals surface area contributed by atoms with E-state index in [-0.39, 0.29) is 0 Å². The predicted molar refractivity (Wildman–Crippen MR) is 57.1 cm³/mol. The normalized spacial score (nSPS) is 10.2. The number of H-pyrrole nitrogens is 1. The largest absolute Gasteiger partial charge is 0.394 e. The molecule has 0 saturated carbocycles. The van der Waals surface area contributed by atoms with Crippen LogP contribution in [0.25, 0.3) is 0 Å². The number of aromatic amines is 1. The zero-order chi connectivity index (χ0) is 10.7. The number of rotatable bonds is 3. The lowest BCUT2D eigenvalue weighted by Gasteiger charge is -2.06. The Bertz CT molecular complexity index is 449. The molecule has 0 aromatic carbocycles. The Hall–Kier alpha value is -2.11. The van der Waals surface area contributed by atoms with Crippen molar-refractivity contribution >= 4 is 11.5 Å². The maximum absolute atomic E-state index is 5.69. The molecule has 6 heteroatoms. The summed E-state index contributed by atoms with van der Waals surface area (Å²) in [6.07, 6.45) is 4.80. The molecule has 2 rings (SSSR count). The molecule has 2 aromatic heterocycles. The van der Waals surface area contributed by atoms with E-state index >= 15 is 0 Å². The molecule has 0 unspecified atom stereocenters. The van der Waals surface area contributed by atoms with Gasteiger partial charge in [0.1, 0.15) is 6.33 Å². The van der Waals surface area contributed by atoms with Gasteiger partial charge in [-0.15, -0.1) is 0 Å². The Morgan fingerprint density at radius 3 is 3.00 bits per heavy atom. The van der Waals surface area contributed by atoms with Gasteiger partial charge in [0, 0.05) is 17.8 Å². The Kier molecular flexibility index (Phi) is 2.49. The molecule has 0 aliphatic rings. The molecule has 0 fully saturated rings. The third kappa shape index (κ3) is 2.04. The number of aromatic nitrogens is 4. The summed E-state index contributed by atoms with van der Waals surface area (Å²) < 4.78 is 0. The summed E-state index contributed by atoms with van der Waals surface area (Å²) in [6.45, 7) is 2.61. The fourth-order valence-corrected chi connectivity index (χ4v) is 1.22. The van der Waals surface area contributed by atoms with Crippen molar-refractivity contribution in [2.24, 2.45) is 0 Å². The lowest BCUT2D eigenvalue weighted by Crippen LogP contribution is -2.05. The molecule has 0 aliphatic carbocycles. The fourth-order valence-electron chi connectivity index (χ4n) is 1.22. The average molecular weight is 204 g/mol. The summed E-state index contributed by atoms with van der Waals surface area (Å²) in [5, 5.41) is 9.91. The van der Waals surface area contributed by atoms with Crippen molar-refractivity contribution < 1.29 is 0 Å². The van der Waals surface area contributed by atoms with Gasteiger partial charge < -0.3 is 11.1 Å². The van der Waals surface area contributed by atoms with Crippen molar-refractivity contribution in [3.63, 3.8) is 0 Å². The number of hydrogen-bond acceptors (Lipinski definition) is 5. The molecular weight excluding hydrogens is 192 g/mol. The van der Waals surface area contributed by atoms with Crippen molar-refractivity contribution in [1.29, 1.82) is 0 Å². The second-order valence-corrected chi connectivity index (χ2v) is 3.20. The molecule has 0 radical (unpaired) electrons. The number of aryl methyl sites for hydroxylation is 1. The van der Waals surface area contributed by atoms with Gasteiger partial charge in [0.05, 0.1) is 18.1 Å². The highest BCUT2D eigenvalue weighted by molar-refractivity contribution is 5.59. The average Bonchev–Trinajstić information content (AvgIpc) is 2.63. The van der Waals surface area contributed by atoms with Crippen LogP contribution in [-0.4, -0.2) is 20.2 Å². The van der Waals surface area contributed by atoms with Crippen molar-refractivity contribution in [1.82, 2.24) is 20.2 Å². The molecule has 6 nitrogen and oxygen atoms in total. The first-order valence-corrected chi connectivity index (χ1v) is 4.55. The highest BCUT2D eigenvalue weighted by Gasteiger charge is 2.02. The first-order chi connectivity index (χ1) is 7.27. The Morgan fingerprint density at radius 1 is 1.47 bits per heavy atom. The van der Waals surface area contributed by atoms with Gasteiger partial charge in [-0.2, -0.15) is 5.10 Å². The summed E-state index contributed by atoms with van der Waals surface area (Å²) in [4.78, 5) is 7.84. The Balaban J connectivity index is 2.06. The highest BCUT2D eigenvalue weighted by atomic mass is 15.1. The lowest BCUT2D eigenvalue weighted by atomic mass is 10.2. The van der Waals surface area contributed by atoms with Crippen LogP contribution in [0.2, 0.25) is 0 Å². The van der Waals surface area contributed by atoms with E-state index in [4.69, 9.17) is 5.73 Å². The number of nitrogen functional groups attached to an aromatic ring is 1. The van der Waals surface area contributed by atoms with Gasteiger partial charge in [-0.05, 0) is 6.92 Å². The van der Waals surface area contributed by atoms with E-state index in [0.717, 1.165) is 11.3 Å². The van der Waals surface area contributed by atoms with Crippen molar-refractivity contribution in [2.75, 3.05) is 11.1 Å². The van der Waals surface area contributed by atoms with Gasteiger partial charge in [-0.25, -0.2) is 9.97 Å². The predicted octanol–water partition coefficient (Wildman–Crippen LogP) is 0.702. The molecular formula is C9H12N6. The smallest absolute Gasteiger partial charge is 0.152 e. The molecule has 0 spiro atoms. The van der Waals surface area contributed by atoms with Crippen LogP contribution in [-0.2, 0) is 6.54 Å². The van der Waals surface area contributed by atoms with Gasteiger partial charge in [-0.3, -0.25) is 5.10 Å². The van der Waals surface area contributed by atoms with Gasteiger partial charge >= 0.3 is 0 Å². The highest BCUT2D eigenvalue weighted by Crippen LogP contribution is 2.13. The van der Waals surface area contributed by atoms with Crippen molar-refractivity contribution in [3.05, 3.63) is 30.0 Å². The zero-order valence-corrected chi connectivity index (χ0v) is 8.36. The van der Waals surface area contributed by atoms with Crippen LogP contribution in [0.4, 0.5) is 11.5 Å². The van der Waals surface area contributed by atoms with Crippen LogP contribution in [0, 0.1) is 6.92 Å². The molecule has 4 N–H and O–H groups in total. The second-order valence-electron chi connectivity index (χ2n) is 3.20. The Morgan fingerprint density at radius 2 is 2.33 bits per heavy atom. The molecule has 0 saturated heterocycles. The van der Waals surface area contributed by atoms with Gasteiger partial charge in [-0.1, -0.05) is 0 Å². The number of nitrogens with one attached hydrogen (secondary N) is 2. The molecule has 0 atom stereocenters. The van der Waals surface area contributed by atoms with E-state index in [1.165, 1.54) is 6.33 Å². The molecule has 2 heterocycles. The zero-order valence-electron chi connectivity index (χ0n) is 8.36. The van der Waals surface area contributed by atoms with E-state index in [1.54, 1.807) is 12.4 Å². The van der Waals surface area contributed by atoms with E-state index in [2.05, 4.69) is 25.5 Å². The van der Waals surface area contributed by atoms with Crippen LogP contribution < -0.4 is 11.1 Å². The van der Waals surface area contributed by atoms with Crippen LogP contribution in [0.15, 0.2) is 18.7 Å². The first-order valence-electron chi connectivity index (χ1n) is 4.55. The van der Waals surface area contributed by atoms with Gasteiger partial charge in [0.15, 0.2) is 5.82 Å². The van der Waals surface area contributed by atoms with Crippen molar-refractivity contribution in [3.8, 4) is 0 Å². The minimum absolute atomic E-state index is 0.540. The number of anilines is 2. The van der Waals surface area contributed by atoms with Crippen molar-refractivity contribution in [2.45, 2.75) is 13.5 Å². The first kappa shape index (κ1) is 9.45. The van der Waals surface area contributed by atoms with Crippen LogP contribution in [0.5, 0.6) is 0 Å². The topological polar surface area (TPSA) is 92.5 Å². The third-order valence-corrected chi connectivity index (χ3v) is 2.12. The monoisotopic (exact) mass is 204 g/mol. The van der Waals surface area contributed by atoms with Gasteiger partial charge in [0.25, 0.3) is 0 Å². The standard InChI is InChI=1S/C9H12N6/c1-6-7(3-14-15-6)2-12-9-8(10)4-11-5-13-9/h3-5H,2,10H2,1H3,(H,14,15)(H,11,12,13). The SMILES string of the molecule is Cc1[nH]ncc1CNc1ncncc1N. The summed E-state index contributed by atoms with van der Waals surface area (Å²) in [7, 11) is 0. The number of hydrogen-bond donors (Lipinski definition) is 3. The number of nitrogens with zero attached hydrogens (tertiary/aromatic N) is 3. The van der Waals surface area contributed by atoms with Crippen LogP contribution in [0.1, 0.15) is 11.3 Å². The molecule has 2 aromatic rings. The van der Waals surface area contributed by atoms with E-state index < -0.39 is 0 Å². The lowest BCUT2D eigenvalue weighted by molar-refractivity contribution is 1.03. The summed E-state index contributed by atoms with van der Waals surface area (Å²) in [5.41, 5.74) is 8.36. The minimum Gasteiger partial charge on any atom is -0.394 e. The molecule has 78 valence electrons. The molecule has 0 aliphatic heterocycles. The van der Waals surface area contributed by atoms with Crippen LogP contribution >= 0.6 is 0 Å². The van der Waals surface area contributed by atoms with E-state index in [1.807, 2.05) is 6.92 Å².